The zero-order valence-corrected chi connectivity index (χ0v) is 3.91. The van der Waals surface area contributed by atoms with Crippen LogP contribution in [-0.4, -0.2) is 4.98 Å². The molecule has 4 heteroatoms. The molecule has 0 aromatic carbocycles. The van der Waals surface area contributed by atoms with E-state index >= 15 is 0 Å². The van der Waals surface area contributed by atoms with Gasteiger partial charge in [0.15, 0.2) is 0 Å². The summed E-state index contributed by atoms with van der Waals surface area (Å²) in [5, 5.41) is 10.1. The van der Waals surface area contributed by atoms with Crippen LogP contribution in [0, 0.1) is 11.2 Å². The lowest BCUT2D eigenvalue weighted by Gasteiger charge is -1.91. The molecule has 1 heterocycles. The van der Waals surface area contributed by atoms with Crippen molar-refractivity contribution >= 4 is 0 Å². The molecule has 1 rings (SSSR count). The van der Waals surface area contributed by atoms with Gasteiger partial charge in [-0.05, 0) is 0 Å². The summed E-state index contributed by atoms with van der Waals surface area (Å²) in [4.78, 5) is 3.35. The molecule has 0 aliphatic heterocycles. The van der Waals surface area contributed by atoms with Crippen molar-refractivity contribution < 1.29 is 9.12 Å². The normalized spacial score (nSPS) is 9.12. The third-order valence-corrected chi connectivity index (χ3v) is 0.680. The third-order valence-electron chi connectivity index (χ3n) is 0.680. The maximum atomic E-state index is 11.9. The van der Waals surface area contributed by atoms with Gasteiger partial charge in [-0.3, -0.25) is 0 Å². The fourth-order valence-electron chi connectivity index (χ4n) is 0.332. The fraction of sp³-hybridized carbons (Fsp3) is 0. The van der Waals surface area contributed by atoms with Crippen LogP contribution in [0.25, 0.3) is 0 Å². The van der Waals surface area contributed by atoms with Crippen molar-refractivity contribution in [3.8, 4) is 0 Å². The summed E-state index contributed by atoms with van der Waals surface area (Å²) in [6.07, 6.45) is 3.07. The Balaban J connectivity index is 3.13. The molecule has 1 aromatic heterocycles. The van der Waals surface area contributed by atoms with E-state index in [-0.39, 0.29) is 4.73 Å². The second-order valence-corrected chi connectivity index (χ2v) is 1.22. The summed E-state index contributed by atoms with van der Waals surface area (Å²) in [6.45, 7) is 0. The van der Waals surface area contributed by atoms with Gasteiger partial charge in [-0.1, -0.05) is 0 Å². The van der Waals surface area contributed by atoms with Crippen LogP contribution in [0.2, 0.25) is 0 Å². The molecule has 0 atom stereocenters. The summed E-state index contributed by atoms with van der Waals surface area (Å²) in [5.41, 5.74) is 0. The Morgan fingerprint density at radius 2 is 2.50 bits per heavy atom. The predicted molar refractivity (Wildman–Crippen MR) is 23.2 cm³/mol. The van der Waals surface area contributed by atoms with Gasteiger partial charge in [0.05, 0.1) is 6.20 Å². The number of hydrogen-bond acceptors (Lipinski definition) is 2. The van der Waals surface area contributed by atoms with Crippen LogP contribution in [0.1, 0.15) is 0 Å². The molecule has 0 aliphatic rings. The van der Waals surface area contributed by atoms with Crippen molar-refractivity contribution in [1.82, 2.24) is 4.98 Å². The monoisotopic (exact) mass is 114 g/mol. The molecular weight excluding hydrogens is 111 g/mol. The molecule has 0 unspecified atom stereocenters. The zero-order valence-electron chi connectivity index (χ0n) is 3.91. The highest BCUT2D eigenvalue weighted by Gasteiger charge is 1.96. The molecule has 0 fully saturated rings. The molecule has 0 spiro atoms. The topological polar surface area (TPSA) is 39.8 Å². The number of nitrogens with zero attached hydrogens (tertiary/aromatic N) is 2. The van der Waals surface area contributed by atoms with Crippen molar-refractivity contribution in [2.24, 2.45) is 0 Å². The summed E-state index contributed by atoms with van der Waals surface area (Å²) < 4.78 is 12.0. The van der Waals surface area contributed by atoms with Gasteiger partial charge in [-0.2, -0.15) is 0 Å². The Morgan fingerprint density at radius 1 is 1.75 bits per heavy atom. The molecule has 0 amide bonds. The van der Waals surface area contributed by atoms with Crippen LogP contribution in [0.5, 0.6) is 0 Å². The molecule has 42 valence electrons. The zero-order chi connectivity index (χ0) is 5.98. The first-order valence-electron chi connectivity index (χ1n) is 1.99. The summed E-state index contributed by atoms with van der Waals surface area (Å²) in [7, 11) is 0. The van der Waals surface area contributed by atoms with Crippen LogP contribution >= 0.6 is 0 Å². The van der Waals surface area contributed by atoms with Crippen molar-refractivity contribution in [1.29, 1.82) is 0 Å². The largest absolute Gasteiger partial charge is 0.617 e. The van der Waals surface area contributed by atoms with Crippen molar-refractivity contribution in [3.63, 3.8) is 0 Å². The van der Waals surface area contributed by atoms with Crippen LogP contribution < -0.4 is 4.73 Å². The second-order valence-electron chi connectivity index (χ2n) is 1.22. The molecule has 0 radical (unpaired) electrons. The van der Waals surface area contributed by atoms with Gasteiger partial charge in [-0.15, -0.1) is 9.12 Å². The van der Waals surface area contributed by atoms with Crippen molar-refractivity contribution in [2.75, 3.05) is 0 Å². The van der Waals surface area contributed by atoms with E-state index in [1.165, 1.54) is 6.20 Å². The number of hydrogen-bond donors (Lipinski definition) is 0. The van der Waals surface area contributed by atoms with E-state index in [9.17, 15) is 9.60 Å². The van der Waals surface area contributed by atoms with Crippen LogP contribution in [0.4, 0.5) is 4.39 Å². The van der Waals surface area contributed by atoms with E-state index in [4.69, 9.17) is 0 Å². The smallest absolute Gasteiger partial charge is 0.389 e. The molecule has 8 heavy (non-hydrogen) atoms. The van der Waals surface area contributed by atoms with E-state index in [0.717, 1.165) is 12.4 Å². The maximum Gasteiger partial charge on any atom is 0.389 e. The highest BCUT2D eigenvalue weighted by Crippen LogP contribution is 1.79. The summed E-state index contributed by atoms with van der Waals surface area (Å²) >= 11 is 0. The van der Waals surface area contributed by atoms with E-state index < -0.39 is 5.95 Å². The van der Waals surface area contributed by atoms with E-state index in [0.29, 0.717) is 0 Å². The molecule has 0 aliphatic carbocycles. The highest BCUT2D eigenvalue weighted by molar-refractivity contribution is 4.67. The predicted octanol–water partition coefficient (Wildman–Crippen LogP) is -0.146. The third kappa shape index (κ3) is 0.726. The van der Waals surface area contributed by atoms with E-state index in [1.807, 2.05) is 0 Å². The molecule has 0 saturated carbocycles. The highest BCUT2D eigenvalue weighted by atomic mass is 19.1. The molecule has 0 N–H and O–H groups in total. The molecule has 0 bridgehead atoms. The first kappa shape index (κ1) is 4.96. The Kier molecular flexibility index (Phi) is 1.07. The minimum atomic E-state index is -0.882. The van der Waals surface area contributed by atoms with E-state index in [2.05, 4.69) is 4.98 Å². The number of rotatable bonds is 0. The first-order chi connectivity index (χ1) is 3.80. The Bertz CT molecular complexity index is 170. The second kappa shape index (κ2) is 1.73. The number of aromatic nitrogens is 2. The average molecular weight is 114 g/mol. The van der Waals surface area contributed by atoms with Gasteiger partial charge in [0.2, 0.25) is 6.20 Å². The van der Waals surface area contributed by atoms with Gasteiger partial charge < -0.3 is 5.21 Å². The van der Waals surface area contributed by atoms with Gasteiger partial charge in [0, 0.05) is 0 Å². The molecule has 1 aromatic rings. The number of halogens is 1. The van der Waals surface area contributed by atoms with Crippen molar-refractivity contribution in [2.45, 2.75) is 0 Å². The van der Waals surface area contributed by atoms with Gasteiger partial charge in [-0.25, -0.2) is 4.98 Å². The molecule has 0 saturated heterocycles. The average Bonchev–Trinajstić information content (AvgIpc) is 1.77. The van der Waals surface area contributed by atoms with Gasteiger partial charge in [0.1, 0.15) is 6.20 Å². The SMILES string of the molecule is [O-][n+]1ccncc1F. The lowest BCUT2D eigenvalue weighted by atomic mass is 10.7. The lowest BCUT2D eigenvalue weighted by molar-refractivity contribution is -0.637. The summed E-state index contributed by atoms with van der Waals surface area (Å²) in [5.74, 6) is -0.882. The Morgan fingerprint density at radius 3 is 2.88 bits per heavy atom. The Hall–Kier alpha value is -1.19. The standard InChI is InChI=1S/C4H3FN2O/c5-4-3-6-1-2-7(4)8/h1-3H. The van der Waals surface area contributed by atoms with Crippen LogP contribution in [0.15, 0.2) is 18.6 Å². The Labute approximate surface area is 45.0 Å². The van der Waals surface area contributed by atoms with Crippen molar-refractivity contribution in [3.05, 3.63) is 29.7 Å². The van der Waals surface area contributed by atoms with Crippen LogP contribution in [0.3, 0.4) is 0 Å². The van der Waals surface area contributed by atoms with E-state index in [1.54, 1.807) is 0 Å². The fourth-order valence-corrected chi connectivity index (χ4v) is 0.332. The summed E-state index contributed by atoms with van der Waals surface area (Å²) in [6, 6.07) is 0. The maximum absolute atomic E-state index is 11.9. The quantitative estimate of drug-likeness (QED) is 0.347. The van der Waals surface area contributed by atoms with Gasteiger partial charge in [0.25, 0.3) is 0 Å². The van der Waals surface area contributed by atoms with Gasteiger partial charge >= 0.3 is 5.95 Å². The minimum Gasteiger partial charge on any atom is -0.617 e. The minimum absolute atomic E-state index is 0.104. The van der Waals surface area contributed by atoms with Crippen LogP contribution in [-0.2, 0) is 0 Å². The molecule has 3 nitrogen and oxygen atoms in total. The lowest BCUT2D eigenvalue weighted by Crippen LogP contribution is -2.30. The molecular formula is C4H3FN2O. The first-order valence-corrected chi connectivity index (χ1v) is 1.99.